The molecule has 14 heavy (non-hydrogen) atoms. The lowest BCUT2D eigenvalue weighted by atomic mass is 9.49. The zero-order valence-electron chi connectivity index (χ0n) is 8.53. The molecule has 0 aromatic heterocycles. The quantitative estimate of drug-likeness (QED) is 0.566. The van der Waals surface area contributed by atoms with E-state index in [9.17, 15) is 8.42 Å². The largest absolute Gasteiger partial charge is 0.285 e. The van der Waals surface area contributed by atoms with Gasteiger partial charge in [0.2, 0.25) is 0 Å². The Hall–Kier alpha value is -0.350. The van der Waals surface area contributed by atoms with Crippen molar-refractivity contribution in [3.8, 4) is 0 Å². The Morgan fingerprint density at radius 1 is 1.57 bits per heavy atom. The molecule has 2 atom stereocenters. The lowest BCUT2D eigenvalue weighted by molar-refractivity contribution is -0.00560. The highest BCUT2D eigenvalue weighted by Gasteiger charge is 2.51. The van der Waals surface area contributed by atoms with Gasteiger partial charge in [-0.2, -0.15) is 8.42 Å². The minimum Gasteiger partial charge on any atom is -0.285 e. The maximum atomic E-state index is 10.8. The molecule has 0 radical (unpaired) electrons. The van der Waals surface area contributed by atoms with Gasteiger partial charge in [0.05, 0.1) is 5.75 Å². The van der Waals surface area contributed by atoms with Crippen molar-refractivity contribution in [2.45, 2.75) is 26.7 Å². The molecule has 0 aliphatic heterocycles. The third-order valence-electron chi connectivity index (χ3n) is 3.93. The highest BCUT2D eigenvalue weighted by molar-refractivity contribution is 7.86. The zero-order valence-corrected chi connectivity index (χ0v) is 9.34. The van der Waals surface area contributed by atoms with Gasteiger partial charge in [0.25, 0.3) is 10.1 Å². The molecule has 0 unspecified atom stereocenters. The Morgan fingerprint density at radius 3 is 2.64 bits per heavy atom. The second-order valence-electron chi connectivity index (χ2n) is 5.05. The van der Waals surface area contributed by atoms with Crippen molar-refractivity contribution in [2.24, 2.45) is 17.3 Å². The molecule has 4 heteroatoms. The van der Waals surface area contributed by atoms with E-state index >= 15 is 0 Å². The van der Waals surface area contributed by atoms with Crippen molar-refractivity contribution in [1.82, 2.24) is 0 Å². The van der Waals surface area contributed by atoms with Crippen LogP contribution in [0, 0.1) is 17.3 Å². The van der Waals surface area contributed by atoms with Crippen molar-refractivity contribution in [3.05, 3.63) is 11.6 Å². The fourth-order valence-electron chi connectivity index (χ4n) is 2.85. The summed E-state index contributed by atoms with van der Waals surface area (Å²) in [4.78, 5) is 0. The summed E-state index contributed by atoms with van der Waals surface area (Å²) in [5.74, 6) is 0.897. The molecule has 0 heterocycles. The van der Waals surface area contributed by atoms with Gasteiger partial charge in [-0.3, -0.25) is 4.55 Å². The van der Waals surface area contributed by atoms with E-state index < -0.39 is 10.1 Å². The van der Waals surface area contributed by atoms with Crippen LogP contribution in [0.2, 0.25) is 0 Å². The third kappa shape index (κ3) is 1.50. The normalized spacial score (nSPS) is 34.6. The summed E-state index contributed by atoms with van der Waals surface area (Å²) in [7, 11) is -3.85. The van der Waals surface area contributed by atoms with Gasteiger partial charge in [-0.25, -0.2) is 0 Å². The van der Waals surface area contributed by atoms with Gasteiger partial charge in [0, 0.05) is 0 Å². The Kier molecular flexibility index (Phi) is 2.05. The Morgan fingerprint density at radius 2 is 2.21 bits per heavy atom. The predicted octanol–water partition coefficient (Wildman–Crippen LogP) is 1.87. The van der Waals surface area contributed by atoms with Gasteiger partial charge in [0.15, 0.2) is 0 Å². The fraction of sp³-hybridized carbons (Fsp3) is 0.800. The second kappa shape index (κ2) is 2.83. The van der Waals surface area contributed by atoms with Crippen LogP contribution in [-0.4, -0.2) is 18.7 Å². The van der Waals surface area contributed by atoms with Crippen LogP contribution in [0.25, 0.3) is 0 Å². The summed E-state index contributed by atoms with van der Waals surface area (Å²) < 4.78 is 30.4. The van der Waals surface area contributed by atoms with E-state index in [1.807, 2.05) is 6.08 Å². The minimum absolute atomic E-state index is 0.173. The summed E-state index contributed by atoms with van der Waals surface area (Å²) in [6.07, 6.45) is 4.06. The Labute approximate surface area is 85.0 Å². The van der Waals surface area contributed by atoms with E-state index in [2.05, 4.69) is 13.8 Å². The molecule has 1 saturated carbocycles. The van der Waals surface area contributed by atoms with Gasteiger partial charge in [-0.1, -0.05) is 25.5 Å². The van der Waals surface area contributed by atoms with E-state index in [1.54, 1.807) is 0 Å². The SMILES string of the molecule is CC1(C)[C@@H]2CC=C(CS(=O)(=O)O)[C@H]1C2. The van der Waals surface area contributed by atoms with Gasteiger partial charge < -0.3 is 0 Å². The number of rotatable bonds is 2. The van der Waals surface area contributed by atoms with Crippen molar-refractivity contribution in [3.63, 3.8) is 0 Å². The first-order valence-electron chi connectivity index (χ1n) is 4.95. The van der Waals surface area contributed by atoms with E-state index in [0.29, 0.717) is 11.8 Å². The predicted molar refractivity (Wildman–Crippen MR) is 54.5 cm³/mol. The van der Waals surface area contributed by atoms with Gasteiger partial charge in [0.1, 0.15) is 0 Å². The number of hydrogen-bond acceptors (Lipinski definition) is 2. The molecule has 80 valence electrons. The van der Waals surface area contributed by atoms with Gasteiger partial charge in [-0.15, -0.1) is 0 Å². The standard InChI is InChI=1S/C10H16O3S/c1-10(2)8-4-3-7(9(10)5-8)6-14(11,12)13/h3,8-9H,4-6H2,1-2H3,(H,11,12,13)/t8-,9-/m1/s1. The smallest absolute Gasteiger partial charge is 0.268 e. The number of hydrogen-bond donors (Lipinski definition) is 1. The molecule has 1 N–H and O–H groups in total. The highest BCUT2D eigenvalue weighted by Crippen LogP contribution is 2.59. The zero-order chi connectivity index (χ0) is 10.6. The maximum absolute atomic E-state index is 10.8. The molecule has 1 fully saturated rings. The van der Waals surface area contributed by atoms with Crippen LogP contribution in [0.15, 0.2) is 11.6 Å². The lowest BCUT2D eigenvalue weighted by Gasteiger charge is -2.56. The van der Waals surface area contributed by atoms with E-state index in [4.69, 9.17) is 4.55 Å². The highest BCUT2D eigenvalue weighted by atomic mass is 32.2. The van der Waals surface area contributed by atoms with E-state index in [1.165, 1.54) is 0 Å². The first-order valence-corrected chi connectivity index (χ1v) is 6.55. The summed E-state index contributed by atoms with van der Waals surface area (Å²) in [6, 6.07) is 0. The summed E-state index contributed by atoms with van der Waals surface area (Å²) >= 11 is 0. The van der Waals surface area contributed by atoms with Crippen LogP contribution in [0.3, 0.4) is 0 Å². The summed E-state index contributed by atoms with van der Waals surface area (Å²) in [6.45, 7) is 4.37. The third-order valence-corrected chi connectivity index (χ3v) is 4.63. The minimum atomic E-state index is -3.85. The molecule has 0 aromatic rings. The van der Waals surface area contributed by atoms with Crippen LogP contribution < -0.4 is 0 Å². The molecular formula is C10H16O3S. The fourth-order valence-corrected chi connectivity index (χ4v) is 3.59. The van der Waals surface area contributed by atoms with Crippen LogP contribution in [0.5, 0.6) is 0 Å². The van der Waals surface area contributed by atoms with Crippen molar-refractivity contribution >= 4 is 10.1 Å². The van der Waals surface area contributed by atoms with Crippen molar-refractivity contribution in [2.75, 3.05) is 5.75 Å². The summed E-state index contributed by atoms with van der Waals surface area (Å²) in [5, 5.41) is 0. The van der Waals surface area contributed by atoms with Crippen molar-refractivity contribution in [1.29, 1.82) is 0 Å². The van der Waals surface area contributed by atoms with Crippen LogP contribution in [0.4, 0.5) is 0 Å². The lowest BCUT2D eigenvalue weighted by Crippen LogP contribution is -2.49. The average molecular weight is 216 g/mol. The molecule has 0 aromatic carbocycles. The van der Waals surface area contributed by atoms with E-state index in [-0.39, 0.29) is 11.2 Å². The second-order valence-corrected chi connectivity index (χ2v) is 6.50. The molecule has 3 aliphatic carbocycles. The molecule has 2 bridgehead atoms. The average Bonchev–Trinajstić information content (AvgIpc) is 2.00. The van der Waals surface area contributed by atoms with Crippen LogP contribution in [-0.2, 0) is 10.1 Å². The Balaban J connectivity index is 2.19. The summed E-state index contributed by atoms with van der Waals surface area (Å²) in [5.41, 5.74) is 1.15. The molecule has 0 amide bonds. The molecule has 3 rings (SSSR count). The Bertz CT molecular complexity index is 378. The molecule has 0 spiro atoms. The van der Waals surface area contributed by atoms with Crippen molar-refractivity contribution < 1.29 is 13.0 Å². The first-order chi connectivity index (χ1) is 6.31. The number of fused-ring (bicyclic) bond motifs is 1. The van der Waals surface area contributed by atoms with Gasteiger partial charge >= 0.3 is 0 Å². The molecule has 3 nitrogen and oxygen atoms in total. The molecule has 0 saturated heterocycles. The number of allylic oxidation sites excluding steroid dienone is 1. The monoisotopic (exact) mass is 216 g/mol. The molecular weight excluding hydrogens is 200 g/mol. The topological polar surface area (TPSA) is 54.4 Å². The first kappa shape index (κ1) is 10.2. The maximum Gasteiger partial charge on any atom is 0.268 e. The molecule has 3 aliphatic rings. The van der Waals surface area contributed by atoms with Crippen LogP contribution in [0.1, 0.15) is 26.7 Å². The van der Waals surface area contributed by atoms with E-state index in [0.717, 1.165) is 18.4 Å². The van der Waals surface area contributed by atoms with Crippen LogP contribution >= 0.6 is 0 Å². The van der Waals surface area contributed by atoms with Gasteiger partial charge in [-0.05, 0) is 30.1 Å².